The zero-order valence-electron chi connectivity index (χ0n) is 10.1. The lowest BCUT2D eigenvalue weighted by molar-refractivity contribution is -0.141. The van der Waals surface area contributed by atoms with Crippen molar-refractivity contribution in [3.8, 4) is 5.69 Å². The number of hydrogen-bond acceptors (Lipinski definition) is 3. The van der Waals surface area contributed by atoms with E-state index in [2.05, 4.69) is 26.2 Å². The molecule has 0 saturated heterocycles. The fourth-order valence-corrected chi connectivity index (χ4v) is 2.12. The zero-order valence-corrected chi connectivity index (χ0v) is 11.7. The molecule has 2 aromatic rings. The summed E-state index contributed by atoms with van der Waals surface area (Å²) in [6, 6.07) is 3.18. The Morgan fingerprint density at radius 3 is 2.52 bits per heavy atom. The summed E-state index contributed by atoms with van der Waals surface area (Å²) in [6.45, 7) is 0. The lowest BCUT2D eigenvalue weighted by Crippen LogP contribution is -2.15. The van der Waals surface area contributed by atoms with Crippen molar-refractivity contribution in [2.45, 2.75) is 6.18 Å². The Morgan fingerprint density at radius 2 is 2.00 bits per heavy atom. The van der Waals surface area contributed by atoms with E-state index < -0.39 is 17.7 Å². The van der Waals surface area contributed by atoms with E-state index in [-0.39, 0.29) is 21.6 Å². The van der Waals surface area contributed by atoms with Gasteiger partial charge in [-0.25, -0.2) is 9.07 Å². The molecule has 1 heterocycles. The number of aromatic nitrogens is 2. The third-order valence-corrected chi connectivity index (χ3v) is 3.35. The molecule has 0 radical (unpaired) electrons. The van der Waals surface area contributed by atoms with Crippen LogP contribution < -0.4 is 5.73 Å². The Labute approximate surface area is 123 Å². The van der Waals surface area contributed by atoms with E-state index in [4.69, 9.17) is 10.9 Å². The highest BCUT2D eigenvalue weighted by molar-refractivity contribution is 9.10. The van der Waals surface area contributed by atoms with Crippen LogP contribution in [0, 0.1) is 5.82 Å². The first-order valence-electron chi connectivity index (χ1n) is 5.35. The Balaban J connectivity index is 2.51. The van der Waals surface area contributed by atoms with Crippen LogP contribution in [0.1, 0.15) is 11.3 Å². The van der Waals surface area contributed by atoms with E-state index in [1.165, 1.54) is 12.1 Å². The Hall–Kier alpha value is -2.10. The molecule has 0 atom stereocenters. The molecule has 2 rings (SSSR count). The van der Waals surface area contributed by atoms with Gasteiger partial charge in [0.2, 0.25) is 0 Å². The molecule has 0 spiro atoms. The second kappa shape index (κ2) is 5.35. The summed E-state index contributed by atoms with van der Waals surface area (Å²) in [5.74, 6) is -1.24. The van der Waals surface area contributed by atoms with Crippen molar-refractivity contribution < 1.29 is 22.8 Å². The van der Waals surface area contributed by atoms with Crippen molar-refractivity contribution in [1.82, 2.24) is 9.78 Å². The van der Waals surface area contributed by atoms with Crippen LogP contribution in [0.25, 0.3) is 5.69 Å². The van der Waals surface area contributed by atoms with Crippen molar-refractivity contribution >= 4 is 21.8 Å². The molecule has 0 bridgehead atoms. The van der Waals surface area contributed by atoms with E-state index in [0.29, 0.717) is 0 Å². The van der Waals surface area contributed by atoms with Crippen molar-refractivity contribution in [3.63, 3.8) is 0 Å². The van der Waals surface area contributed by atoms with Gasteiger partial charge in [-0.15, -0.1) is 0 Å². The number of nitrogens with zero attached hydrogens (tertiary/aromatic N) is 3. The fraction of sp³-hybridized carbons (Fsp3) is 0.0909. The number of hydrogen-bond donors (Lipinski definition) is 2. The van der Waals surface area contributed by atoms with Crippen LogP contribution in [0.2, 0.25) is 0 Å². The molecule has 0 aliphatic carbocycles. The molecular formula is C11H7BrF4N4O. The number of benzene rings is 1. The average Bonchev–Trinajstić information content (AvgIpc) is 2.90. The van der Waals surface area contributed by atoms with Crippen LogP contribution in [-0.2, 0) is 6.18 Å². The summed E-state index contributed by atoms with van der Waals surface area (Å²) < 4.78 is 52.2. The summed E-state index contributed by atoms with van der Waals surface area (Å²) in [7, 11) is 0. The number of halogens is 5. The maximum Gasteiger partial charge on any atom is 0.435 e. The first-order chi connectivity index (χ1) is 9.75. The quantitative estimate of drug-likeness (QED) is 0.282. The highest BCUT2D eigenvalue weighted by Gasteiger charge is 2.33. The fourth-order valence-electron chi connectivity index (χ4n) is 1.58. The van der Waals surface area contributed by atoms with Crippen LogP contribution in [0.4, 0.5) is 17.6 Å². The molecule has 0 saturated carbocycles. The first kappa shape index (κ1) is 15.3. The van der Waals surface area contributed by atoms with Gasteiger partial charge in [0.25, 0.3) is 0 Å². The number of alkyl halides is 3. The molecular weight excluding hydrogens is 360 g/mol. The third-order valence-electron chi connectivity index (χ3n) is 2.57. The minimum atomic E-state index is -4.62. The van der Waals surface area contributed by atoms with Gasteiger partial charge >= 0.3 is 6.18 Å². The number of amidine groups is 1. The Kier molecular flexibility index (Phi) is 3.90. The third kappa shape index (κ3) is 2.84. The van der Waals surface area contributed by atoms with Crippen LogP contribution in [0.3, 0.4) is 0 Å². The minimum absolute atomic E-state index is 0.0574. The van der Waals surface area contributed by atoms with Crippen molar-refractivity contribution in [1.29, 1.82) is 0 Å². The SMILES string of the molecule is N/C(=N/O)c1ccc(-n2ccc(C(F)(F)F)n2)c(F)c1Br. The van der Waals surface area contributed by atoms with E-state index >= 15 is 0 Å². The molecule has 0 aliphatic rings. The van der Waals surface area contributed by atoms with Crippen LogP contribution in [-0.4, -0.2) is 20.8 Å². The normalized spacial score (nSPS) is 12.7. The molecule has 10 heteroatoms. The van der Waals surface area contributed by atoms with Gasteiger partial charge < -0.3 is 10.9 Å². The van der Waals surface area contributed by atoms with Crippen LogP contribution in [0.5, 0.6) is 0 Å². The van der Waals surface area contributed by atoms with Crippen molar-refractivity contribution in [3.05, 3.63) is 45.9 Å². The molecule has 0 fully saturated rings. The zero-order chi connectivity index (χ0) is 15.8. The van der Waals surface area contributed by atoms with Gasteiger partial charge in [-0.1, -0.05) is 5.16 Å². The molecule has 5 nitrogen and oxygen atoms in total. The minimum Gasteiger partial charge on any atom is -0.409 e. The largest absolute Gasteiger partial charge is 0.435 e. The van der Waals surface area contributed by atoms with Gasteiger partial charge in [0.05, 0.1) is 4.47 Å². The lowest BCUT2D eigenvalue weighted by atomic mass is 10.2. The summed E-state index contributed by atoms with van der Waals surface area (Å²) in [4.78, 5) is 0. The monoisotopic (exact) mass is 366 g/mol. The smallest absolute Gasteiger partial charge is 0.409 e. The molecule has 21 heavy (non-hydrogen) atoms. The van der Waals surface area contributed by atoms with E-state index in [1.807, 2.05) is 0 Å². The van der Waals surface area contributed by atoms with E-state index in [0.717, 1.165) is 16.9 Å². The summed E-state index contributed by atoms with van der Waals surface area (Å²) in [5, 5.41) is 14.6. The Morgan fingerprint density at radius 1 is 1.33 bits per heavy atom. The number of rotatable bonds is 2. The van der Waals surface area contributed by atoms with E-state index in [9.17, 15) is 17.6 Å². The van der Waals surface area contributed by atoms with Gasteiger partial charge in [0.15, 0.2) is 17.3 Å². The molecule has 0 unspecified atom stereocenters. The second-order valence-electron chi connectivity index (χ2n) is 3.89. The molecule has 1 aromatic heterocycles. The highest BCUT2D eigenvalue weighted by Crippen LogP contribution is 2.30. The Bertz CT molecular complexity index is 711. The topological polar surface area (TPSA) is 76.4 Å². The summed E-state index contributed by atoms with van der Waals surface area (Å²) in [6.07, 6.45) is -3.64. The summed E-state index contributed by atoms with van der Waals surface area (Å²) in [5.41, 5.74) is 4.05. The molecule has 0 amide bonds. The first-order valence-corrected chi connectivity index (χ1v) is 6.14. The van der Waals surface area contributed by atoms with Gasteiger partial charge in [0, 0.05) is 11.8 Å². The second-order valence-corrected chi connectivity index (χ2v) is 4.68. The maximum atomic E-state index is 14.2. The van der Waals surface area contributed by atoms with Crippen molar-refractivity contribution in [2.75, 3.05) is 0 Å². The van der Waals surface area contributed by atoms with Gasteiger partial charge in [-0.05, 0) is 34.1 Å². The molecule has 1 aromatic carbocycles. The summed E-state index contributed by atoms with van der Waals surface area (Å²) >= 11 is 2.91. The van der Waals surface area contributed by atoms with E-state index in [1.54, 1.807) is 0 Å². The highest BCUT2D eigenvalue weighted by atomic mass is 79.9. The predicted octanol–water partition coefficient (Wildman–Crippen LogP) is 2.89. The van der Waals surface area contributed by atoms with Gasteiger partial charge in [0.1, 0.15) is 5.69 Å². The lowest BCUT2D eigenvalue weighted by Gasteiger charge is -2.09. The number of nitrogens with two attached hydrogens (primary N) is 1. The molecule has 0 aliphatic heterocycles. The van der Waals surface area contributed by atoms with Gasteiger partial charge in [-0.2, -0.15) is 18.3 Å². The standard InChI is InChI=1S/C11H7BrF4N4O/c12-8-5(10(17)19-21)1-2-6(9(8)13)20-4-3-7(18-20)11(14,15)16/h1-4,21H,(H2,17,19). The van der Waals surface area contributed by atoms with Crippen LogP contribution >= 0.6 is 15.9 Å². The van der Waals surface area contributed by atoms with Crippen molar-refractivity contribution in [2.24, 2.45) is 10.9 Å². The number of oxime groups is 1. The van der Waals surface area contributed by atoms with Gasteiger partial charge in [-0.3, -0.25) is 0 Å². The van der Waals surface area contributed by atoms with Crippen LogP contribution in [0.15, 0.2) is 34.0 Å². The average molecular weight is 367 g/mol. The molecule has 3 N–H and O–H groups in total. The predicted molar refractivity (Wildman–Crippen MR) is 68.7 cm³/mol. The molecule has 112 valence electrons. The maximum absolute atomic E-state index is 14.2.